The van der Waals surface area contributed by atoms with Gasteiger partial charge >= 0.3 is 0 Å². The fraction of sp³-hybridized carbons (Fsp3) is 0.714. The van der Waals surface area contributed by atoms with Crippen molar-refractivity contribution in [2.24, 2.45) is 5.41 Å². The third-order valence-electron chi connectivity index (χ3n) is 4.64. The number of carbonyl (C=O) groups excluding carboxylic acids is 1. The molecule has 3 rings (SSSR count). The SMILES string of the molecule is Cc1cc(NC(=O)CN[C@@H]2C[C@@H](O)C23CCOCC3)no1. The van der Waals surface area contributed by atoms with Crippen LogP contribution in [0.3, 0.4) is 0 Å². The molecular formula is C14H21N3O4. The van der Waals surface area contributed by atoms with Crippen LogP contribution in [0.1, 0.15) is 25.0 Å². The highest BCUT2D eigenvalue weighted by Crippen LogP contribution is 2.48. The van der Waals surface area contributed by atoms with Crippen LogP contribution in [-0.2, 0) is 9.53 Å². The monoisotopic (exact) mass is 295 g/mol. The van der Waals surface area contributed by atoms with Crippen molar-refractivity contribution in [2.45, 2.75) is 38.3 Å². The fourth-order valence-electron chi connectivity index (χ4n) is 3.31. The van der Waals surface area contributed by atoms with E-state index in [1.54, 1.807) is 13.0 Å². The summed E-state index contributed by atoms with van der Waals surface area (Å²) < 4.78 is 10.3. The van der Waals surface area contributed by atoms with Crippen LogP contribution in [0.5, 0.6) is 0 Å². The van der Waals surface area contributed by atoms with E-state index in [-0.39, 0.29) is 30.0 Å². The molecular weight excluding hydrogens is 274 g/mol. The van der Waals surface area contributed by atoms with Crippen molar-refractivity contribution >= 4 is 11.7 Å². The van der Waals surface area contributed by atoms with Gasteiger partial charge < -0.3 is 25.0 Å². The Balaban J connectivity index is 1.49. The lowest BCUT2D eigenvalue weighted by molar-refractivity contribution is -0.149. The summed E-state index contributed by atoms with van der Waals surface area (Å²) in [5.74, 6) is 0.919. The number of aryl methyl sites for hydroxylation is 1. The number of aliphatic hydroxyl groups is 1. The average Bonchev–Trinajstić information content (AvgIpc) is 2.89. The van der Waals surface area contributed by atoms with Crippen molar-refractivity contribution in [1.29, 1.82) is 0 Å². The summed E-state index contributed by atoms with van der Waals surface area (Å²) in [5, 5.41) is 19.7. The maximum Gasteiger partial charge on any atom is 0.239 e. The summed E-state index contributed by atoms with van der Waals surface area (Å²) in [6, 6.07) is 1.84. The van der Waals surface area contributed by atoms with Crippen molar-refractivity contribution in [2.75, 3.05) is 25.1 Å². The number of amides is 1. The van der Waals surface area contributed by atoms with Crippen molar-refractivity contribution in [1.82, 2.24) is 10.5 Å². The van der Waals surface area contributed by atoms with E-state index in [2.05, 4.69) is 15.8 Å². The zero-order valence-corrected chi connectivity index (χ0v) is 12.1. The number of aliphatic hydroxyl groups excluding tert-OH is 1. The van der Waals surface area contributed by atoms with Gasteiger partial charge in [0, 0.05) is 30.7 Å². The lowest BCUT2D eigenvalue weighted by Gasteiger charge is -2.55. The number of ether oxygens (including phenoxy) is 1. The average molecular weight is 295 g/mol. The largest absolute Gasteiger partial charge is 0.392 e. The highest BCUT2D eigenvalue weighted by atomic mass is 16.5. The molecule has 1 aliphatic heterocycles. The molecule has 2 aliphatic rings. The molecule has 2 heterocycles. The van der Waals surface area contributed by atoms with Gasteiger partial charge in [0.1, 0.15) is 5.76 Å². The number of aromatic nitrogens is 1. The topological polar surface area (TPSA) is 96.6 Å². The Bertz CT molecular complexity index is 510. The quantitative estimate of drug-likeness (QED) is 0.746. The Morgan fingerprint density at radius 2 is 2.29 bits per heavy atom. The second kappa shape index (κ2) is 5.75. The van der Waals surface area contributed by atoms with Gasteiger partial charge in [0.05, 0.1) is 12.6 Å². The molecule has 7 nitrogen and oxygen atoms in total. The van der Waals surface area contributed by atoms with E-state index in [4.69, 9.17) is 9.26 Å². The molecule has 2 atom stereocenters. The van der Waals surface area contributed by atoms with Gasteiger partial charge in [0.25, 0.3) is 0 Å². The highest BCUT2D eigenvalue weighted by molar-refractivity contribution is 5.91. The molecule has 1 aromatic rings. The molecule has 7 heteroatoms. The predicted molar refractivity (Wildman–Crippen MR) is 74.8 cm³/mol. The van der Waals surface area contributed by atoms with Gasteiger partial charge in [-0.25, -0.2) is 0 Å². The number of hydrogen-bond acceptors (Lipinski definition) is 6. The maximum atomic E-state index is 11.9. The summed E-state index contributed by atoms with van der Waals surface area (Å²) in [5.41, 5.74) is -0.122. The van der Waals surface area contributed by atoms with E-state index in [1.165, 1.54) is 0 Å². The maximum absolute atomic E-state index is 11.9. The number of rotatable bonds is 4. The molecule has 2 fully saturated rings. The van der Waals surface area contributed by atoms with Crippen LogP contribution < -0.4 is 10.6 Å². The standard InChI is InChI=1S/C14H21N3O4/c1-9-6-12(17-21-9)16-13(19)8-15-10-7-11(18)14(10)2-4-20-5-3-14/h6,10-11,15,18H,2-5,7-8H2,1H3,(H,16,17,19)/t10-,11-/m1/s1. The van der Waals surface area contributed by atoms with Crippen molar-refractivity contribution in [3.63, 3.8) is 0 Å². The molecule has 0 aromatic carbocycles. The van der Waals surface area contributed by atoms with Crippen LogP contribution in [0.4, 0.5) is 5.82 Å². The van der Waals surface area contributed by atoms with Gasteiger partial charge in [-0.15, -0.1) is 0 Å². The predicted octanol–water partition coefficient (Wildman–Crippen LogP) is 0.441. The zero-order chi connectivity index (χ0) is 14.9. The van der Waals surface area contributed by atoms with E-state index in [0.717, 1.165) is 12.8 Å². The molecule has 1 amide bonds. The molecule has 0 bridgehead atoms. The fourth-order valence-corrected chi connectivity index (χ4v) is 3.31. The van der Waals surface area contributed by atoms with Crippen LogP contribution in [0.25, 0.3) is 0 Å². The van der Waals surface area contributed by atoms with Crippen LogP contribution in [0.2, 0.25) is 0 Å². The first kappa shape index (κ1) is 14.5. The number of carbonyl (C=O) groups is 1. The van der Waals surface area contributed by atoms with Gasteiger partial charge in [0.2, 0.25) is 5.91 Å². The second-order valence-electron chi connectivity index (χ2n) is 5.90. The van der Waals surface area contributed by atoms with E-state index < -0.39 is 0 Å². The smallest absolute Gasteiger partial charge is 0.239 e. The van der Waals surface area contributed by atoms with Crippen molar-refractivity contribution < 1.29 is 19.2 Å². The molecule has 1 saturated carbocycles. The second-order valence-corrected chi connectivity index (χ2v) is 5.90. The Morgan fingerprint density at radius 3 is 2.90 bits per heavy atom. The first-order valence-corrected chi connectivity index (χ1v) is 7.32. The summed E-state index contributed by atoms with van der Waals surface area (Å²) >= 11 is 0. The number of nitrogens with zero attached hydrogens (tertiary/aromatic N) is 1. The first-order chi connectivity index (χ1) is 10.1. The Hall–Kier alpha value is -1.44. The minimum Gasteiger partial charge on any atom is -0.392 e. The molecule has 1 aromatic heterocycles. The molecule has 1 saturated heterocycles. The van der Waals surface area contributed by atoms with E-state index in [1.807, 2.05) is 0 Å². The summed E-state index contributed by atoms with van der Waals surface area (Å²) in [7, 11) is 0. The lowest BCUT2D eigenvalue weighted by Crippen LogP contribution is -2.65. The number of hydrogen-bond donors (Lipinski definition) is 3. The van der Waals surface area contributed by atoms with Gasteiger partial charge in [-0.3, -0.25) is 4.79 Å². The summed E-state index contributed by atoms with van der Waals surface area (Å²) in [6.45, 7) is 3.33. The van der Waals surface area contributed by atoms with Gasteiger partial charge in [-0.05, 0) is 26.2 Å². The first-order valence-electron chi connectivity index (χ1n) is 7.32. The molecule has 1 aliphatic carbocycles. The zero-order valence-electron chi connectivity index (χ0n) is 12.1. The summed E-state index contributed by atoms with van der Waals surface area (Å²) in [4.78, 5) is 11.9. The van der Waals surface area contributed by atoms with Crippen LogP contribution >= 0.6 is 0 Å². The Labute approximate surface area is 123 Å². The number of anilines is 1. The third kappa shape index (κ3) is 2.81. The molecule has 1 spiro atoms. The highest BCUT2D eigenvalue weighted by Gasteiger charge is 2.54. The Kier molecular flexibility index (Phi) is 3.97. The van der Waals surface area contributed by atoms with E-state index in [9.17, 15) is 9.90 Å². The normalized spacial score (nSPS) is 27.3. The van der Waals surface area contributed by atoms with Gasteiger partial charge in [-0.1, -0.05) is 5.16 Å². The van der Waals surface area contributed by atoms with E-state index in [0.29, 0.717) is 31.2 Å². The van der Waals surface area contributed by atoms with Crippen LogP contribution in [0.15, 0.2) is 10.6 Å². The molecule has 116 valence electrons. The lowest BCUT2D eigenvalue weighted by atomic mass is 9.58. The summed E-state index contributed by atoms with van der Waals surface area (Å²) in [6.07, 6.45) is 2.09. The van der Waals surface area contributed by atoms with Crippen molar-refractivity contribution in [3.8, 4) is 0 Å². The minimum absolute atomic E-state index is 0.122. The number of nitrogens with one attached hydrogen (secondary N) is 2. The van der Waals surface area contributed by atoms with E-state index >= 15 is 0 Å². The van der Waals surface area contributed by atoms with Crippen molar-refractivity contribution in [3.05, 3.63) is 11.8 Å². The molecule has 21 heavy (non-hydrogen) atoms. The Morgan fingerprint density at radius 1 is 1.52 bits per heavy atom. The van der Waals surface area contributed by atoms with Crippen LogP contribution in [0, 0.1) is 12.3 Å². The van der Waals surface area contributed by atoms with Crippen LogP contribution in [-0.4, -0.2) is 48.1 Å². The third-order valence-corrected chi connectivity index (χ3v) is 4.64. The van der Waals surface area contributed by atoms with Gasteiger partial charge in [-0.2, -0.15) is 0 Å². The molecule has 0 radical (unpaired) electrons. The molecule has 0 unspecified atom stereocenters. The van der Waals surface area contributed by atoms with Gasteiger partial charge in [0.15, 0.2) is 5.82 Å². The minimum atomic E-state index is -0.292. The molecule has 3 N–H and O–H groups in total.